The van der Waals surface area contributed by atoms with Crippen molar-refractivity contribution in [1.29, 1.82) is 0 Å². The van der Waals surface area contributed by atoms with E-state index in [0.717, 1.165) is 11.1 Å². The maximum absolute atomic E-state index is 10.8. The van der Waals surface area contributed by atoms with Crippen LogP contribution in [0.1, 0.15) is 30.9 Å². The second-order valence-corrected chi connectivity index (χ2v) is 3.74. The van der Waals surface area contributed by atoms with Crippen molar-refractivity contribution in [3.63, 3.8) is 0 Å². The predicted molar refractivity (Wildman–Crippen MR) is 59.9 cm³/mol. The first kappa shape index (κ1) is 11.0. The van der Waals surface area contributed by atoms with Crippen molar-refractivity contribution in [2.75, 3.05) is 0 Å². The van der Waals surface area contributed by atoms with E-state index in [-0.39, 0.29) is 16.5 Å². The summed E-state index contributed by atoms with van der Waals surface area (Å²) in [5.41, 5.74) is 1.94. The average molecular weight is 211 g/mol. The van der Waals surface area contributed by atoms with Gasteiger partial charge in [0.2, 0.25) is 0 Å². The van der Waals surface area contributed by atoms with Crippen molar-refractivity contribution in [2.45, 2.75) is 25.5 Å². The largest absolute Gasteiger partial charge is 0.273 e. The summed E-state index contributed by atoms with van der Waals surface area (Å²) >= 11 is 4.17. The van der Waals surface area contributed by atoms with Crippen molar-refractivity contribution >= 4 is 18.3 Å². The third-order valence-electron chi connectivity index (χ3n) is 2.12. The Balaban J connectivity index is 3.35. The van der Waals surface area contributed by atoms with E-state index in [2.05, 4.69) is 12.6 Å². The topological polar surface area (TPSA) is 43.1 Å². The standard InChI is InChI=1S/C10H13NO2S/c1-7(2)10-8(6-14)4-3-5-9(10)11(12)13/h3-5,7,14H,6H2,1-2H3. The first-order chi connectivity index (χ1) is 6.57. The molecule has 0 heterocycles. The normalized spacial score (nSPS) is 10.6. The van der Waals surface area contributed by atoms with Crippen molar-refractivity contribution in [2.24, 2.45) is 0 Å². The minimum absolute atomic E-state index is 0.152. The second kappa shape index (κ2) is 4.46. The van der Waals surface area contributed by atoms with Crippen LogP contribution in [-0.4, -0.2) is 4.92 Å². The fourth-order valence-corrected chi connectivity index (χ4v) is 1.84. The fraction of sp³-hybridized carbons (Fsp3) is 0.400. The van der Waals surface area contributed by atoms with Crippen LogP contribution in [0.4, 0.5) is 5.69 Å². The number of nitro groups is 1. The second-order valence-electron chi connectivity index (χ2n) is 3.42. The van der Waals surface area contributed by atoms with Gasteiger partial charge >= 0.3 is 0 Å². The van der Waals surface area contributed by atoms with Gasteiger partial charge in [-0.15, -0.1) is 0 Å². The third kappa shape index (κ3) is 2.07. The summed E-state index contributed by atoms with van der Waals surface area (Å²) < 4.78 is 0. The zero-order valence-electron chi connectivity index (χ0n) is 8.23. The molecule has 0 N–H and O–H groups in total. The molecule has 0 aliphatic heterocycles. The molecule has 1 aromatic rings. The monoisotopic (exact) mass is 211 g/mol. The number of rotatable bonds is 3. The molecule has 1 rings (SSSR count). The summed E-state index contributed by atoms with van der Waals surface area (Å²) in [6.07, 6.45) is 0. The average Bonchev–Trinajstić information content (AvgIpc) is 2.16. The molecule has 1 aromatic carbocycles. The summed E-state index contributed by atoms with van der Waals surface area (Å²) in [6.45, 7) is 3.91. The van der Waals surface area contributed by atoms with Crippen LogP contribution in [0.2, 0.25) is 0 Å². The summed E-state index contributed by atoms with van der Waals surface area (Å²) in [7, 11) is 0. The molecule has 0 aliphatic rings. The van der Waals surface area contributed by atoms with Crippen LogP contribution in [0.3, 0.4) is 0 Å². The Kier molecular flexibility index (Phi) is 3.52. The third-order valence-corrected chi connectivity index (χ3v) is 2.46. The Morgan fingerprint density at radius 1 is 1.50 bits per heavy atom. The Morgan fingerprint density at radius 3 is 2.57 bits per heavy atom. The number of nitro benzene ring substituents is 1. The van der Waals surface area contributed by atoms with Gasteiger partial charge in [-0.1, -0.05) is 26.0 Å². The van der Waals surface area contributed by atoms with Gasteiger partial charge in [0.25, 0.3) is 5.69 Å². The van der Waals surface area contributed by atoms with Gasteiger partial charge in [0.1, 0.15) is 0 Å². The number of hydrogen-bond acceptors (Lipinski definition) is 3. The molecule has 0 fully saturated rings. The van der Waals surface area contributed by atoms with Crippen LogP contribution in [0.25, 0.3) is 0 Å². The highest BCUT2D eigenvalue weighted by Crippen LogP contribution is 2.30. The highest BCUT2D eigenvalue weighted by atomic mass is 32.1. The number of nitrogens with zero attached hydrogens (tertiary/aromatic N) is 1. The van der Waals surface area contributed by atoms with E-state index in [4.69, 9.17) is 0 Å². The Bertz CT molecular complexity index is 350. The molecule has 0 bridgehead atoms. The summed E-state index contributed by atoms with van der Waals surface area (Å²) in [5.74, 6) is 0.689. The zero-order valence-corrected chi connectivity index (χ0v) is 9.12. The first-order valence-corrected chi connectivity index (χ1v) is 5.08. The molecule has 0 unspecified atom stereocenters. The van der Waals surface area contributed by atoms with Gasteiger partial charge in [-0.3, -0.25) is 10.1 Å². The van der Waals surface area contributed by atoms with Crippen molar-refractivity contribution in [3.05, 3.63) is 39.4 Å². The molecule has 0 saturated heterocycles. The number of thiol groups is 1. The van der Waals surface area contributed by atoms with E-state index in [1.54, 1.807) is 12.1 Å². The highest BCUT2D eigenvalue weighted by Gasteiger charge is 2.18. The summed E-state index contributed by atoms with van der Waals surface area (Å²) in [4.78, 5) is 10.4. The molecule has 0 aromatic heterocycles. The lowest BCUT2D eigenvalue weighted by Crippen LogP contribution is -2.01. The van der Waals surface area contributed by atoms with Gasteiger partial charge in [0, 0.05) is 17.4 Å². The van der Waals surface area contributed by atoms with E-state index in [0.29, 0.717) is 5.75 Å². The lowest BCUT2D eigenvalue weighted by Gasteiger charge is -2.10. The van der Waals surface area contributed by atoms with Crippen LogP contribution >= 0.6 is 12.6 Å². The SMILES string of the molecule is CC(C)c1c(CS)cccc1[N+](=O)[O-]. The maximum Gasteiger partial charge on any atom is 0.273 e. The van der Waals surface area contributed by atoms with Gasteiger partial charge in [0.05, 0.1) is 4.92 Å². The van der Waals surface area contributed by atoms with E-state index >= 15 is 0 Å². The first-order valence-electron chi connectivity index (χ1n) is 4.45. The maximum atomic E-state index is 10.8. The Labute approximate surface area is 88.7 Å². The molecule has 0 amide bonds. The van der Waals surface area contributed by atoms with Gasteiger partial charge in [-0.2, -0.15) is 12.6 Å². The molecule has 0 spiro atoms. The molecule has 0 atom stereocenters. The summed E-state index contributed by atoms with van der Waals surface area (Å²) in [6, 6.07) is 5.13. The van der Waals surface area contributed by atoms with Crippen LogP contribution in [0.5, 0.6) is 0 Å². The van der Waals surface area contributed by atoms with E-state index in [9.17, 15) is 10.1 Å². The molecular weight excluding hydrogens is 198 g/mol. The quantitative estimate of drug-likeness (QED) is 0.474. The van der Waals surface area contributed by atoms with Gasteiger partial charge in [0.15, 0.2) is 0 Å². The molecule has 0 aliphatic carbocycles. The van der Waals surface area contributed by atoms with E-state index in [1.165, 1.54) is 0 Å². The van der Waals surface area contributed by atoms with Crippen LogP contribution in [0, 0.1) is 10.1 Å². The van der Waals surface area contributed by atoms with Crippen molar-refractivity contribution in [3.8, 4) is 0 Å². The number of benzene rings is 1. The van der Waals surface area contributed by atoms with E-state index in [1.807, 2.05) is 19.9 Å². The van der Waals surface area contributed by atoms with Gasteiger partial charge in [-0.05, 0) is 11.5 Å². The minimum Gasteiger partial charge on any atom is -0.258 e. The highest BCUT2D eigenvalue weighted by molar-refractivity contribution is 7.79. The summed E-state index contributed by atoms with van der Waals surface area (Å²) in [5, 5.41) is 10.8. The lowest BCUT2D eigenvalue weighted by atomic mass is 9.96. The molecule has 0 radical (unpaired) electrons. The lowest BCUT2D eigenvalue weighted by molar-refractivity contribution is -0.385. The molecule has 76 valence electrons. The Hall–Kier alpha value is -1.03. The van der Waals surface area contributed by atoms with Crippen LogP contribution in [0.15, 0.2) is 18.2 Å². The van der Waals surface area contributed by atoms with E-state index < -0.39 is 0 Å². The molecular formula is C10H13NO2S. The van der Waals surface area contributed by atoms with Crippen LogP contribution in [-0.2, 0) is 5.75 Å². The van der Waals surface area contributed by atoms with Crippen LogP contribution < -0.4 is 0 Å². The molecule has 0 saturated carbocycles. The predicted octanol–water partition coefficient (Wildman–Crippen LogP) is 3.15. The van der Waals surface area contributed by atoms with Crippen molar-refractivity contribution < 1.29 is 4.92 Å². The fourth-order valence-electron chi connectivity index (χ4n) is 1.56. The molecule has 14 heavy (non-hydrogen) atoms. The zero-order chi connectivity index (χ0) is 10.7. The van der Waals surface area contributed by atoms with Gasteiger partial charge in [-0.25, -0.2) is 0 Å². The smallest absolute Gasteiger partial charge is 0.258 e. The number of hydrogen-bond donors (Lipinski definition) is 1. The minimum atomic E-state index is -0.331. The molecule has 4 heteroatoms. The molecule has 3 nitrogen and oxygen atoms in total. The van der Waals surface area contributed by atoms with Crippen molar-refractivity contribution in [1.82, 2.24) is 0 Å². The Morgan fingerprint density at radius 2 is 2.14 bits per heavy atom. The van der Waals surface area contributed by atoms with Gasteiger partial charge < -0.3 is 0 Å².